The summed E-state index contributed by atoms with van der Waals surface area (Å²) in [6.07, 6.45) is 3.03. The molecule has 2 aromatic rings. The molecule has 2 aliphatic rings. The predicted molar refractivity (Wildman–Crippen MR) is 125 cm³/mol. The molecule has 0 aliphatic carbocycles. The van der Waals surface area contributed by atoms with Crippen LogP contribution in [0, 0.1) is 0 Å². The van der Waals surface area contributed by atoms with E-state index in [0.29, 0.717) is 30.5 Å². The van der Waals surface area contributed by atoms with E-state index in [2.05, 4.69) is 22.3 Å². The quantitative estimate of drug-likeness (QED) is 0.632. The van der Waals surface area contributed by atoms with E-state index < -0.39 is 10.0 Å². The number of sulfonamides is 1. The average Bonchev–Trinajstić information content (AvgIpc) is 3.29. The maximum atomic E-state index is 12.8. The molecule has 1 N–H and O–H groups in total. The fourth-order valence-corrected chi connectivity index (χ4v) is 7.19. The Morgan fingerprint density at radius 3 is 2.62 bits per heavy atom. The van der Waals surface area contributed by atoms with Crippen molar-refractivity contribution in [1.82, 2.24) is 14.5 Å². The van der Waals surface area contributed by atoms with Crippen molar-refractivity contribution >= 4 is 27.3 Å². The molecule has 1 aromatic carbocycles. The van der Waals surface area contributed by atoms with Crippen molar-refractivity contribution in [2.45, 2.75) is 42.5 Å². The first-order valence-electron chi connectivity index (χ1n) is 11.2. The van der Waals surface area contributed by atoms with E-state index in [-0.39, 0.29) is 18.4 Å². The molecule has 7 nitrogen and oxygen atoms in total. The summed E-state index contributed by atoms with van der Waals surface area (Å²) < 4.78 is 33.3. The van der Waals surface area contributed by atoms with E-state index in [1.807, 2.05) is 18.2 Å². The van der Waals surface area contributed by atoms with E-state index in [1.165, 1.54) is 16.9 Å². The first kappa shape index (κ1) is 23.4. The number of hydrogen-bond donors (Lipinski definition) is 1. The van der Waals surface area contributed by atoms with Gasteiger partial charge in [0.05, 0.1) is 19.1 Å². The fourth-order valence-electron chi connectivity index (χ4n) is 4.16. The number of morpholine rings is 1. The summed E-state index contributed by atoms with van der Waals surface area (Å²) in [5.74, 6) is -0.113. The molecule has 9 heteroatoms. The largest absolute Gasteiger partial charge is 0.374 e. The molecule has 1 amide bonds. The van der Waals surface area contributed by atoms with Crippen LogP contribution < -0.4 is 5.32 Å². The van der Waals surface area contributed by atoms with Crippen LogP contribution in [-0.2, 0) is 32.5 Å². The number of nitrogens with zero attached hydrogens (tertiary/aromatic N) is 2. The first-order valence-corrected chi connectivity index (χ1v) is 13.5. The lowest BCUT2D eigenvalue weighted by Crippen LogP contribution is -2.47. The van der Waals surface area contributed by atoms with Gasteiger partial charge in [-0.25, -0.2) is 8.42 Å². The second-order valence-electron chi connectivity index (χ2n) is 8.38. The normalized spacial score (nSPS) is 20.8. The van der Waals surface area contributed by atoms with Gasteiger partial charge in [0, 0.05) is 44.1 Å². The molecule has 174 valence electrons. The molecule has 3 heterocycles. The summed E-state index contributed by atoms with van der Waals surface area (Å²) in [6.45, 7) is 4.79. The number of benzene rings is 1. The Kier molecular flexibility index (Phi) is 7.96. The van der Waals surface area contributed by atoms with E-state index in [0.717, 1.165) is 43.8 Å². The third-order valence-corrected chi connectivity index (χ3v) is 9.33. The van der Waals surface area contributed by atoms with E-state index in [4.69, 9.17) is 4.74 Å². The highest BCUT2D eigenvalue weighted by Gasteiger charge is 2.27. The molecule has 0 spiro atoms. The van der Waals surface area contributed by atoms with Gasteiger partial charge in [-0.15, -0.1) is 11.3 Å². The standard InChI is InChI=1S/C23H31N3O4S2/c27-22(15-21-9-10-23(31-21)32(28,29)26-11-5-2-6-12-26)24-16-20-18-25(13-14-30-20)17-19-7-3-1-4-8-19/h1,3-4,7-10,20H,2,5-6,11-18H2,(H,24,27). The van der Waals surface area contributed by atoms with Crippen molar-refractivity contribution in [2.24, 2.45) is 0 Å². The summed E-state index contributed by atoms with van der Waals surface area (Å²) in [4.78, 5) is 15.6. The van der Waals surface area contributed by atoms with Gasteiger partial charge in [-0.3, -0.25) is 9.69 Å². The molecule has 1 unspecified atom stereocenters. The van der Waals surface area contributed by atoms with Crippen LogP contribution in [0.1, 0.15) is 29.7 Å². The highest BCUT2D eigenvalue weighted by atomic mass is 32.2. The van der Waals surface area contributed by atoms with Gasteiger partial charge in [-0.1, -0.05) is 36.8 Å². The van der Waals surface area contributed by atoms with Crippen LogP contribution in [0.15, 0.2) is 46.7 Å². The summed E-state index contributed by atoms with van der Waals surface area (Å²) >= 11 is 1.19. The number of hydrogen-bond acceptors (Lipinski definition) is 6. The maximum Gasteiger partial charge on any atom is 0.252 e. The molecular weight excluding hydrogens is 446 g/mol. The zero-order valence-corrected chi connectivity index (χ0v) is 19.9. The van der Waals surface area contributed by atoms with Gasteiger partial charge in [0.15, 0.2) is 0 Å². The Morgan fingerprint density at radius 1 is 1.06 bits per heavy atom. The molecule has 1 atom stereocenters. The fraction of sp³-hybridized carbons (Fsp3) is 0.522. The lowest BCUT2D eigenvalue weighted by molar-refractivity contribution is -0.121. The van der Waals surface area contributed by atoms with Crippen molar-refractivity contribution in [3.8, 4) is 0 Å². The number of nitrogens with one attached hydrogen (secondary N) is 1. The van der Waals surface area contributed by atoms with Gasteiger partial charge in [-0.2, -0.15) is 4.31 Å². The summed E-state index contributed by atoms with van der Waals surface area (Å²) in [6, 6.07) is 13.7. The average molecular weight is 478 g/mol. The Bertz CT molecular complexity index is 988. The van der Waals surface area contributed by atoms with Crippen LogP contribution in [0.5, 0.6) is 0 Å². The number of thiophene rings is 1. The number of piperidine rings is 1. The van der Waals surface area contributed by atoms with Crippen LogP contribution in [-0.4, -0.2) is 69.0 Å². The summed E-state index contributed by atoms with van der Waals surface area (Å²) in [5, 5.41) is 2.95. The Labute approximate surface area is 194 Å². The minimum Gasteiger partial charge on any atom is -0.374 e. The van der Waals surface area contributed by atoms with Gasteiger partial charge >= 0.3 is 0 Å². The monoisotopic (exact) mass is 477 g/mol. The Balaban J connectivity index is 1.24. The number of carbonyl (C=O) groups is 1. The number of rotatable bonds is 8. The van der Waals surface area contributed by atoms with Gasteiger partial charge in [0.1, 0.15) is 4.21 Å². The second-order valence-corrected chi connectivity index (χ2v) is 11.7. The van der Waals surface area contributed by atoms with Crippen molar-refractivity contribution in [3.63, 3.8) is 0 Å². The van der Waals surface area contributed by atoms with Gasteiger partial charge in [0.25, 0.3) is 10.0 Å². The zero-order chi connectivity index (χ0) is 22.4. The second kappa shape index (κ2) is 10.9. The number of carbonyl (C=O) groups excluding carboxylic acids is 1. The van der Waals surface area contributed by atoms with Crippen molar-refractivity contribution in [1.29, 1.82) is 0 Å². The predicted octanol–water partition coefficient (Wildman–Crippen LogP) is 2.48. The maximum absolute atomic E-state index is 12.8. The molecule has 0 saturated carbocycles. The number of amides is 1. The minimum atomic E-state index is -3.44. The van der Waals surface area contributed by atoms with Gasteiger partial charge in [-0.05, 0) is 30.5 Å². The molecule has 4 rings (SSSR count). The van der Waals surface area contributed by atoms with Crippen molar-refractivity contribution < 1.29 is 17.9 Å². The van der Waals surface area contributed by atoms with Crippen LogP contribution >= 0.6 is 11.3 Å². The first-order chi connectivity index (χ1) is 15.5. The zero-order valence-electron chi connectivity index (χ0n) is 18.2. The van der Waals surface area contributed by atoms with Crippen LogP contribution in [0.4, 0.5) is 0 Å². The lowest BCUT2D eigenvalue weighted by atomic mass is 10.2. The summed E-state index contributed by atoms with van der Waals surface area (Å²) in [7, 11) is -3.44. The Hall–Kier alpha value is -1.78. The molecule has 2 saturated heterocycles. The molecular formula is C23H31N3O4S2. The molecule has 2 aliphatic heterocycles. The highest BCUT2D eigenvalue weighted by Crippen LogP contribution is 2.27. The SMILES string of the molecule is O=C(Cc1ccc(S(=O)(=O)N2CCCCC2)s1)NCC1CN(Cc2ccccc2)CCO1. The Morgan fingerprint density at radius 2 is 1.84 bits per heavy atom. The van der Waals surface area contributed by atoms with Crippen LogP contribution in [0.25, 0.3) is 0 Å². The third-order valence-electron chi connectivity index (χ3n) is 5.88. The smallest absolute Gasteiger partial charge is 0.252 e. The van der Waals surface area contributed by atoms with Crippen molar-refractivity contribution in [3.05, 3.63) is 52.9 Å². The van der Waals surface area contributed by atoms with Gasteiger partial charge in [0.2, 0.25) is 5.91 Å². The highest BCUT2D eigenvalue weighted by molar-refractivity contribution is 7.91. The summed E-state index contributed by atoms with van der Waals surface area (Å²) in [5.41, 5.74) is 1.27. The molecule has 32 heavy (non-hydrogen) atoms. The molecule has 0 radical (unpaired) electrons. The lowest BCUT2D eigenvalue weighted by Gasteiger charge is -2.33. The van der Waals surface area contributed by atoms with E-state index >= 15 is 0 Å². The topological polar surface area (TPSA) is 79.0 Å². The van der Waals surface area contributed by atoms with Crippen LogP contribution in [0.2, 0.25) is 0 Å². The minimum absolute atomic E-state index is 0.0465. The molecule has 2 fully saturated rings. The van der Waals surface area contributed by atoms with Gasteiger partial charge < -0.3 is 10.1 Å². The van der Waals surface area contributed by atoms with Crippen LogP contribution in [0.3, 0.4) is 0 Å². The molecule has 1 aromatic heterocycles. The number of ether oxygens (including phenoxy) is 1. The van der Waals surface area contributed by atoms with E-state index in [1.54, 1.807) is 16.4 Å². The van der Waals surface area contributed by atoms with Crippen molar-refractivity contribution in [2.75, 3.05) is 39.3 Å². The van der Waals surface area contributed by atoms with E-state index in [9.17, 15) is 13.2 Å². The molecule has 0 bridgehead atoms. The third kappa shape index (κ3) is 6.17.